The molecule has 0 aliphatic heterocycles. The molecule has 1 aromatic heterocycles. The van der Waals surface area contributed by atoms with E-state index in [4.69, 9.17) is 11.6 Å². The third kappa shape index (κ3) is 6.34. The first-order valence-electron chi connectivity index (χ1n) is 9.66. The van der Waals surface area contributed by atoms with Gasteiger partial charge >= 0.3 is 0 Å². The summed E-state index contributed by atoms with van der Waals surface area (Å²) in [4.78, 5) is 12.3. The van der Waals surface area contributed by atoms with Crippen molar-refractivity contribution in [3.8, 4) is 0 Å². The third-order valence-electron chi connectivity index (χ3n) is 4.30. The number of thioether (sulfide) groups is 1. The molecule has 0 unspecified atom stereocenters. The standard InChI is InChI=1S/C22H25ClN4OS/c1-16(2)14-27-20(13-12-17-8-4-3-5-9-17)25-26-22(27)29-15-21(28)24-19-11-7-6-10-18(19)23/h3-11,16H,12-15H2,1-2H3,(H,24,28). The summed E-state index contributed by atoms with van der Waals surface area (Å²) in [5.41, 5.74) is 1.90. The molecule has 2 aromatic carbocycles. The number of carbonyl (C=O) groups is 1. The second-order valence-electron chi connectivity index (χ2n) is 7.21. The van der Waals surface area contributed by atoms with E-state index in [9.17, 15) is 4.79 Å². The Balaban J connectivity index is 1.64. The molecule has 0 spiro atoms. The fraction of sp³-hybridized carbons (Fsp3) is 0.318. The first-order chi connectivity index (χ1) is 14.0. The molecule has 0 radical (unpaired) electrons. The van der Waals surface area contributed by atoms with E-state index < -0.39 is 0 Å². The van der Waals surface area contributed by atoms with Gasteiger partial charge in [0.2, 0.25) is 5.91 Å². The number of nitrogens with zero attached hydrogens (tertiary/aromatic N) is 3. The molecule has 0 aliphatic rings. The van der Waals surface area contributed by atoms with E-state index in [-0.39, 0.29) is 11.7 Å². The van der Waals surface area contributed by atoms with Crippen LogP contribution in [0.4, 0.5) is 5.69 Å². The molecule has 7 heteroatoms. The normalized spacial score (nSPS) is 11.0. The molecular formula is C22H25ClN4OS. The zero-order valence-electron chi connectivity index (χ0n) is 16.6. The molecule has 0 bridgehead atoms. The largest absolute Gasteiger partial charge is 0.324 e. The van der Waals surface area contributed by atoms with Crippen molar-refractivity contribution in [1.82, 2.24) is 14.8 Å². The van der Waals surface area contributed by atoms with Crippen LogP contribution in [0.25, 0.3) is 0 Å². The van der Waals surface area contributed by atoms with Gasteiger partial charge in [-0.3, -0.25) is 4.79 Å². The number of aromatic nitrogens is 3. The summed E-state index contributed by atoms with van der Waals surface area (Å²) >= 11 is 7.51. The van der Waals surface area contributed by atoms with E-state index in [1.54, 1.807) is 12.1 Å². The van der Waals surface area contributed by atoms with Gasteiger partial charge in [-0.05, 0) is 30.0 Å². The monoisotopic (exact) mass is 428 g/mol. The van der Waals surface area contributed by atoms with Crippen molar-refractivity contribution in [1.29, 1.82) is 0 Å². The van der Waals surface area contributed by atoms with Crippen molar-refractivity contribution in [3.63, 3.8) is 0 Å². The maximum atomic E-state index is 12.3. The maximum Gasteiger partial charge on any atom is 0.234 e. The lowest BCUT2D eigenvalue weighted by Gasteiger charge is -2.12. The van der Waals surface area contributed by atoms with Gasteiger partial charge in [0.05, 0.1) is 16.5 Å². The lowest BCUT2D eigenvalue weighted by molar-refractivity contribution is -0.113. The SMILES string of the molecule is CC(C)Cn1c(CCc2ccccc2)nnc1SCC(=O)Nc1ccccc1Cl. The predicted molar refractivity (Wildman–Crippen MR) is 120 cm³/mol. The molecule has 0 aliphatic carbocycles. The Bertz CT molecular complexity index is 943. The molecule has 1 N–H and O–H groups in total. The average Bonchev–Trinajstić information content (AvgIpc) is 3.08. The van der Waals surface area contributed by atoms with Crippen LogP contribution in [0.3, 0.4) is 0 Å². The molecule has 0 saturated carbocycles. The number of para-hydroxylation sites is 1. The predicted octanol–water partition coefficient (Wildman–Crippen LogP) is 5.10. The number of aryl methyl sites for hydroxylation is 2. The first kappa shape index (κ1) is 21.4. The van der Waals surface area contributed by atoms with Crippen molar-refractivity contribution in [3.05, 3.63) is 71.0 Å². The Morgan fingerprint density at radius 3 is 2.52 bits per heavy atom. The first-order valence-corrected chi connectivity index (χ1v) is 11.0. The van der Waals surface area contributed by atoms with E-state index in [1.807, 2.05) is 30.3 Å². The van der Waals surface area contributed by atoms with Gasteiger partial charge in [0.15, 0.2) is 5.16 Å². The van der Waals surface area contributed by atoms with E-state index >= 15 is 0 Å². The van der Waals surface area contributed by atoms with Crippen molar-refractivity contribution >= 4 is 35.0 Å². The molecule has 5 nitrogen and oxygen atoms in total. The van der Waals surface area contributed by atoms with Crippen molar-refractivity contribution in [2.24, 2.45) is 5.92 Å². The summed E-state index contributed by atoms with van der Waals surface area (Å²) < 4.78 is 2.14. The molecular weight excluding hydrogens is 404 g/mol. The number of hydrogen-bond donors (Lipinski definition) is 1. The summed E-state index contributed by atoms with van der Waals surface area (Å²) in [6, 6.07) is 17.6. The van der Waals surface area contributed by atoms with Crippen LogP contribution in [0.2, 0.25) is 5.02 Å². The molecule has 1 heterocycles. The highest BCUT2D eigenvalue weighted by atomic mass is 35.5. The average molecular weight is 429 g/mol. The van der Waals surface area contributed by atoms with Crippen LogP contribution in [0.1, 0.15) is 25.2 Å². The zero-order valence-corrected chi connectivity index (χ0v) is 18.2. The highest BCUT2D eigenvalue weighted by Gasteiger charge is 2.16. The second-order valence-corrected chi connectivity index (χ2v) is 8.56. The van der Waals surface area contributed by atoms with Crippen LogP contribution in [0, 0.1) is 5.92 Å². The number of benzene rings is 2. The van der Waals surface area contributed by atoms with Crippen LogP contribution in [-0.2, 0) is 24.2 Å². The van der Waals surface area contributed by atoms with E-state index in [1.165, 1.54) is 17.3 Å². The minimum Gasteiger partial charge on any atom is -0.324 e. The molecule has 1 amide bonds. The Hall–Kier alpha value is -2.31. The van der Waals surface area contributed by atoms with Crippen molar-refractivity contribution in [2.75, 3.05) is 11.1 Å². The molecule has 0 atom stereocenters. The summed E-state index contributed by atoms with van der Waals surface area (Å²) in [6.45, 7) is 5.16. The maximum absolute atomic E-state index is 12.3. The van der Waals surface area contributed by atoms with Gasteiger partial charge in [0, 0.05) is 13.0 Å². The number of amides is 1. The number of carbonyl (C=O) groups excluding carboxylic acids is 1. The van der Waals surface area contributed by atoms with Crippen LogP contribution in [-0.4, -0.2) is 26.4 Å². The van der Waals surface area contributed by atoms with Gasteiger partial charge in [-0.1, -0.05) is 79.7 Å². The number of halogens is 1. The molecule has 29 heavy (non-hydrogen) atoms. The van der Waals surface area contributed by atoms with E-state index in [2.05, 4.69) is 46.1 Å². The van der Waals surface area contributed by atoms with Crippen LogP contribution in [0.15, 0.2) is 59.8 Å². The lowest BCUT2D eigenvalue weighted by Crippen LogP contribution is -2.16. The molecule has 3 rings (SSSR count). The van der Waals surface area contributed by atoms with Crippen LogP contribution in [0.5, 0.6) is 0 Å². The number of rotatable bonds is 9. The summed E-state index contributed by atoms with van der Waals surface area (Å²) in [7, 11) is 0. The zero-order chi connectivity index (χ0) is 20.6. The Labute approximate surface area is 180 Å². The van der Waals surface area contributed by atoms with Gasteiger partial charge in [-0.25, -0.2) is 0 Å². The van der Waals surface area contributed by atoms with Gasteiger partial charge in [-0.15, -0.1) is 10.2 Å². The Kier molecular flexibility index (Phi) is 7.72. The fourth-order valence-electron chi connectivity index (χ4n) is 2.94. The molecule has 3 aromatic rings. The van der Waals surface area contributed by atoms with E-state index in [0.717, 1.165) is 30.4 Å². The van der Waals surface area contributed by atoms with Crippen LogP contribution < -0.4 is 5.32 Å². The number of nitrogens with one attached hydrogen (secondary N) is 1. The highest BCUT2D eigenvalue weighted by molar-refractivity contribution is 7.99. The summed E-state index contributed by atoms with van der Waals surface area (Å²) in [5, 5.41) is 12.9. The van der Waals surface area contributed by atoms with Crippen molar-refractivity contribution in [2.45, 2.75) is 38.4 Å². The minimum atomic E-state index is -0.118. The molecule has 152 valence electrons. The lowest BCUT2D eigenvalue weighted by atomic mass is 10.1. The number of anilines is 1. The fourth-order valence-corrected chi connectivity index (χ4v) is 3.89. The topological polar surface area (TPSA) is 59.8 Å². The smallest absolute Gasteiger partial charge is 0.234 e. The minimum absolute atomic E-state index is 0.118. The van der Waals surface area contributed by atoms with Gasteiger partial charge in [0.25, 0.3) is 0 Å². The van der Waals surface area contributed by atoms with Gasteiger partial charge in [0.1, 0.15) is 5.82 Å². The second kappa shape index (κ2) is 10.5. The molecule has 0 saturated heterocycles. The third-order valence-corrected chi connectivity index (χ3v) is 5.60. The van der Waals surface area contributed by atoms with Crippen LogP contribution >= 0.6 is 23.4 Å². The van der Waals surface area contributed by atoms with Gasteiger partial charge < -0.3 is 9.88 Å². The Morgan fingerprint density at radius 1 is 1.07 bits per heavy atom. The summed E-state index contributed by atoms with van der Waals surface area (Å²) in [5.74, 6) is 1.54. The Morgan fingerprint density at radius 2 is 1.79 bits per heavy atom. The van der Waals surface area contributed by atoms with E-state index in [0.29, 0.717) is 16.6 Å². The summed E-state index contributed by atoms with van der Waals surface area (Å²) in [6.07, 6.45) is 1.73. The van der Waals surface area contributed by atoms with Gasteiger partial charge in [-0.2, -0.15) is 0 Å². The highest BCUT2D eigenvalue weighted by Crippen LogP contribution is 2.23. The number of hydrogen-bond acceptors (Lipinski definition) is 4. The van der Waals surface area contributed by atoms with Crippen molar-refractivity contribution < 1.29 is 4.79 Å². The quantitative estimate of drug-likeness (QED) is 0.481. The molecule has 0 fully saturated rings.